The van der Waals surface area contributed by atoms with Crippen molar-refractivity contribution < 1.29 is 9.90 Å². The predicted molar refractivity (Wildman–Crippen MR) is 69.2 cm³/mol. The second-order valence-electron chi connectivity index (χ2n) is 5.57. The van der Waals surface area contributed by atoms with Gasteiger partial charge in [0.15, 0.2) is 0 Å². The summed E-state index contributed by atoms with van der Waals surface area (Å²) >= 11 is 0. The summed E-state index contributed by atoms with van der Waals surface area (Å²) in [6, 6.07) is 1.89. The van der Waals surface area contributed by atoms with Gasteiger partial charge in [0.2, 0.25) is 5.91 Å². The van der Waals surface area contributed by atoms with E-state index in [2.05, 4.69) is 0 Å². The van der Waals surface area contributed by atoms with Crippen LogP contribution in [0.25, 0.3) is 0 Å². The number of hydrogen-bond donors (Lipinski definition) is 2. The van der Waals surface area contributed by atoms with Crippen molar-refractivity contribution in [3.63, 3.8) is 0 Å². The van der Waals surface area contributed by atoms with Gasteiger partial charge < -0.3 is 10.8 Å². The van der Waals surface area contributed by atoms with E-state index in [9.17, 15) is 9.90 Å². The lowest BCUT2D eigenvalue weighted by Gasteiger charge is -2.24. The number of nitrogens with two attached hydrogens (primary N) is 1. The van der Waals surface area contributed by atoms with Gasteiger partial charge in [-0.3, -0.25) is 4.79 Å². The standard InChI is InChI=1S/C14H21NO2/c1-8-9(2)13(17)11(14(3,4)5)6-10(8)7-12(15)16/h6,17H,7H2,1-5H3,(H2,15,16). The second-order valence-corrected chi connectivity index (χ2v) is 5.57. The molecule has 1 aromatic carbocycles. The summed E-state index contributed by atoms with van der Waals surface area (Å²) in [5, 5.41) is 10.2. The molecule has 0 fully saturated rings. The highest BCUT2D eigenvalue weighted by Gasteiger charge is 2.22. The Morgan fingerprint density at radius 1 is 1.29 bits per heavy atom. The van der Waals surface area contributed by atoms with Crippen molar-refractivity contribution in [2.45, 2.75) is 46.5 Å². The van der Waals surface area contributed by atoms with Crippen LogP contribution in [0.4, 0.5) is 0 Å². The molecule has 0 saturated carbocycles. The first-order valence-corrected chi connectivity index (χ1v) is 5.75. The van der Waals surface area contributed by atoms with Crippen molar-refractivity contribution >= 4 is 5.91 Å². The Bertz CT molecular complexity index is 456. The monoisotopic (exact) mass is 235 g/mol. The van der Waals surface area contributed by atoms with Crippen LogP contribution >= 0.6 is 0 Å². The molecule has 0 aliphatic heterocycles. The maximum Gasteiger partial charge on any atom is 0.221 e. The lowest BCUT2D eigenvalue weighted by atomic mass is 9.82. The molecular formula is C14H21NO2. The Hall–Kier alpha value is -1.51. The average Bonchev–Trinajstić information content (AvgIpc) is 2.16. The minimum atomic E-state index is -0.349. The highest BCUT2D eigenvalue weighted by Crippen LogP contribution is 2.36. The summed E-state index contributed by atoms with van der Waals surface area (Å²) in [4.78, 5) is 11.0. The van der Waals surface area contributed by atoms with Gasteiger partial charge in [-0.25, -0.2) is 0 Å². The van der Waals surface area contributed by atoms with Gasteiger partial charge in [-0.15, -0.1) is 0 Å². The molecule has 0 heterocycles. The number of phenolic OH excluding ortho intramolecular Hbond substituents is 1. The topological polar surface area (TPSA) is 63.3 Å². The van der Waals surface area contributed by atoms with E-state index in [-0.39, 0.29) is 17.7 Å². The molecule has 0 spiro atoms. The quantitative estimate of drug-likeness (QED) is 0.826. The van der Waals surface area contributed by atoms with Crippen LogP contribution < -0.4 is 5.73 Å². The number of amides is 1. The lowest BCUT2D eigenvalue weighted by Crippen LogP contribution is -2.17. The summed E-state index contributed by atoms with van der Waals surface area (Å²) in [7, 11) is 0. The summed E-state index contributed by atoms with van der Waals surface area (Å²) in [5.41, 5.74) is 8.61. The number of aromatic hydroxyl groups is 1. The number of carbonyl (C=O) groups is 1. The van der Waals surface area contributed by atoms with E-state index in [0.717, 1.165) is 22.3 Å². The van der Waals surface area contributed by atoms with Crippen molar-refractivity contribution in [2.24, 2.45) is 5.73 Å². The molecule has 1 rings (SSSR count). The molecule has 0 radical (unpaired) electrons. The number of primary amides is 1. The number of phenols is 1. The largest absolute Gasteiger partial charge is 0.507 e. The van der Waals surface area contributed by atoms with Crippen LogP contribution in [-0.4, -0.2) is 11.0 Å². The average molecular weight is 235 g/mol. The van der Waals surface area contributed by atoms with Crippen molar-refractivity contribution in [3.8, 4) is 5.75 Å². The minimum absolute atomic E-state index is 0.158. The Morgan fingerprint density at radius 2 is 1.82 bits per heavy atom. The zero-order valence-corrected chi connectivity index (χ0v) is 11.2. The molecule has 94 valence electrons. The van der Waals surface area contributed by atoms with Crippen molar-refractivity contribution in [1.29, 1.82) is 0 Å². The summed E-state index contributed by atoms with van der Waals surface area (Å²) in [5.74, 6) is -0.0266. The molecule has 0 aliphatic carbocycles. The van der Waals surface area contributed by atoms with Gasteiger partial charge in [-0.05, 0) is 41.5 Å². The third kappa shape index (κ3) is 2.78. The zero-order valence-electron chi connectivity index (χ0n) is 11.2. The highest BCUT2D eigenvalue weighted by molar-refractivity contribution is 5.77. The van der Waals surface area contributed by atoms with Gasteiger partial charge in [0, 0.05) is 0 Å². The van der Waals surface area contributed by atoms with Crippen LogP contribution in [0.3, 0.4) is 0 Å². The smallest absolute Gasteiger partial charge is 0.221 e. The van der Waals surface area contributed by atoms with Gasteiger partial charge in [0.25, 0.3) is 0 Å². The van der Waals surface area contributed by atoms with Gasteiger partial charge in [-0.2, -0.15) is 0 Å². The van der Waals surface area contributed by atoms with E-state index >= 15 is 0 Å². The molecule has 0 bridgehead atoms. The molecule has 3 N–H and O–H groups in total. The van der Waals surface area contributed by atoms with Crippen LogP contribution in [0.2, 0.25) is 0 Å². The van der Waals surface area contributed by atoms with Crippen LogP contribution in [0.5, 0.6) is 5.75 Å². The first-order valence-electron chi connectivity index (χ1n) is 5.75. The number of carbonyl (C=O) groups excluding carboxylic acids is 1. The molecule has 1 amide bonds. The number of rotatable bonds is 2. The SMILES string of the molecule is Cc1c(CC(N)=O)cc(C(C)(C)C)c(O)c1C. The number of benzene rings is 1. The van der Waals surface area contributed by atoms with E-state index in [1.165, 1.54) is 0 Å². The maximum absolute atomic E-state index is 11.0. The molecule has 3 nitrogen and oxygen atoms in total. The molecule has 0 aromatic heterocycles. The summed E-state index contributed by atoms with van der Waals surface area (Å²) in [6.45, 7) is 9.87. The van der Waals surface area contributed by atoms with Crippen LogP contribution in [-0.2, 0) is 16.6 Å². The van der Waals surface area contributed by atoms with Gasteiger partial charge in [0.05, 0.1) is 6.42 Å². The maximum atomic E-state index is 11.0. The molecule has 0 atom stereocenters. The van der Waals surface area contributed by atoms with Crippen LogP contribution in [0.1, 0.15) is 43.0 Å². The van der Waals surface area contributed by atoms with E-state index in [1.54, 1.807) is 0 Å². The molecule has 17 heavy (non-hydrogen) atoms. The normalized spacial score (nSPS) is 11.6. The fraction of sp³-hybridized carbons (Fsp3) is 0.500. The molecular weight excluding hydrogens is 214 g/mol. The third-order valence-electron chi connectivity index (χ3n) is 3.15. The van der Waals surface area contributed by atoms with Crippen LogP contribution in [0.15, 0.2) is 6.07 Å². The first kappa shape index (κ1) is 13.6. The molecule has 0 unspecified atom stereocenters. The second kappa shape index (κ2) is 4.40. The summed E-state index contributed by atoms with van der Waals surface area (Å²) in [6.07, 6.45) is 0.218. The lowest BCUT2D eigenvalue weighted by molar-refractivity contribution is -0.117. The minimum Gasteiger partial charge on any atom is -0.507 e. The van der Waals surface area contributed by atoms with E-state index in [1.807, 2.05) is 40.7 Å². The third-order valence-corrected chi connectivity index (χ3v) is 3.15. The first-order chi connectivity index (χ1) is 7.64. The predicted octanol–water partition coefficient (Wildman–Crippen LogP) is 2.33. The fourth-order valence-corrected chi connectivity index (χ4v) is 1.91. The van der Waals surface area contributed by atoms with Crippen molar-refractivity contribution in [1.82, 2.24) is 0 Å². The molecule has 0 saturated heterocycles. The summed E-state index contributed by atoms with van der Waals surface area (Å²) < 4.78 is 0. The van der Waals surface area contributed by atoms with Crippen molar-refractivity contribution in [3.05, 3.63) is 28.3 Å². The molecule has 1 aromatic rings. The van der Waals surface area contributed by atoms with Crippen LogP contribution in [0, 0.1) is 13.8 Å². The van der Waals surface area contributed by atoms with Crippen molar-refractivity contribution in [2.75, 3.05) is 0 Å². The zero-order chi connectivity index (χ0) is 13.4. The van der Waals surface area contributed by atoms with E-state index in [4.69, 9.17) is 5.73 Å². The van der Waals surface area contributed by atoms with E-state index < -0.39 is 0 Å². The Morgan fingerprint density at radius 3 is 2.24 bits per heavy atom. The number of hydrogen-bond acceptors (Lipinski definition) is 2. The van der Waals surface area contributed by atoms with Gasteiger partial charge in [-0.1, -0.05) is 26.8 Å². The molecule has 0 aliphatic rings. The highest BCUT2D eigenvalue weighted by atomic mass is 16.3. The van der Waals surface area contributed by atoms with Gasteiger partial charge in [0.1, 0.15) is 5.75 Å². The fourth-order valence-electron chi connectivity index (χ4n) is 1.91. The Labute approximate surface area is 103 Å². The molecule has 3 heteroatoms. The van der Waals surface area contributed by atoms with Gasteiger partial charge >= 0.3 is 0 Å². The van der Waals surface area contributed by atoms with E-state index in [0.29, 0.717) is 5.75 Å². The Kier molecular flexibility index (Phi) is 3.51. The Balaban J connectivity index is 3.44.